The zero-order valence-corrected chi connectivity index (χ0v) is 17.1. The van der Waals surface area contributed by atoms with E-state index in [0.717, 1.165) is 0 Å². The molecule has 32 heavy (non-hydrogen) atoms. The molecule has 6 rings (SSSR count). The minimum atomic E-state index is -0.860. The number of nitrogens with zero attached hydrogens (tertiary/aromatic N) is 2. The Balaban J connectivity index is 1.51. The van der Waals surface area contributed by atoms with Gasteiger partial charge < -0.3 is 20.3 Å². The molecule has 0 saturated heterocycles. The Bertz CT molecular complexity index is 1440. The molecule has 0 radical (unpaired) electrons. The van der Waals surface area contributed by atoms with E-state index in [4.69, 9.17) is 16.6 Å². The van der Waals surface area contributed by atoms with E-state index < -0.39 is 23.8 Å². The Hall–Kier alpha value is -3.49. The third-order valence-corrected chi connectivity index (χ3v) is 6.35. The van der Waals surface area contributed by atoms with Crippen molar-refractivity contribution < 1.29 is 18.7 Å². The molecule has 2 aliphatic heterocycles. The molecular weight excluding hydrogens is 438 g/mol. The lowest BCUT2D eigenvalue weighted by Gasteiger charge is -2.16. The third-order valence-electron chi connectivity index (χ3n) is 6.01. The molecule has 4 aromatic rings. The van der Waals surface area contributed by atoms with Crippen LogP contribution in [0.15, 0.2) is 48.5 Å². The second-order valence-corrected chi connectivity index (χ2v) is 8.29. The number of benzene rings is 3. The fraction of sp³-hybridized carbons (Fsp3) is 0.130. The Kier molecular flexibility index (Phi) is 4.05. The molecular formula is C23H15ClF2N4O2. The van der Waals surface area contributed by atoms with E-state index in [1.807, 2.05) is 0 Å². The number of H-pyrrole nitrogens is 1. The van der Waals surface area contributed by atoms with Crippen LogP contribution in [0.25, 0.3) is 11.0 Å². The maximum absolute atomic E-state index is 14.0. The van der Waals surface area contributed by atoms with Crippen LogP contribution in [0.2, 0.25) is 5.02 Å². The summed E-state index contributed by atoms with van der Waals surface area (Å²) in [6.45, 7) is 0.205. The number of aromatic nitrogens is 2. The molecule has 0 bridgehead atoms. The molecule has 2 atom stereocenters. The summed E-state index contributed by atoms with van der Waals surface area (Å²) in [7, 11) is 0. The molecule has 0 spiro atoms. The first-order valence-electron chi connectivity index (χ1n) is 9.94. The van der Waals surface area contributed by atoms with Gasteiger partial charge in [-0.1, -0.05) is 11.6 Å². The van der Waals surface area contributed by atoms with Crippen molar-refractivity contribution >= 4 is 40.2 Å². The molecule has 3 aromatic carbocycles. The number of halogens is 3. The molecule has 1 amide bonds. The molecule has 3 N–H and O–H groups in total. The lowest BCUT2D eigenvalue weighted by Crippen LogP contribution is -2.20. The van der Waals surface area contributed by atoms with Crippen LogP contribution in [0.1, 0.15) is 39.2 Å². The number of carbonyl (C=O) groups excluding carboxylic acids is 1. The number of carbonyl (C=O) groups is 1. The first-order valence-corrected chi connectivity index (χ1v) is 10.3. The van der Waals surface area contributed by atoms with Gasteiger partial charge in [-0.25, -0.2) is 13.8 Å². The van der Waals surface area contributed by atoms with Crippen LogP contribution in [0.3, 0.4) is 0 Å². The lowest BCUT2D eigenvalue weighted by atomic mass is 9.97. The summed E-state index contributed by atoms with van der Waals surface area (Å²) in [6, 6.07) is 11.0. The predicted molar refractivity (Wildman–Crippen MR) is 115 cm³/mol. The van der Waals surface area contributed by atoms with Gasteiger partial charge in [-0.05, 0) is 48.5 Å². The highest BCUT2D eigenvalue weighted by Crippen LogP contribution is 2.42. The van der Waals surface area contributed by atoms with Gasteiger partial charge in [0.25, 0.3) is 5.91 Å². The smallest absolute Gasteiger partial charge is 0.252 e. The summed E-state index contributed by atoms with van der Waals surface area (Å²) in [6.07, 6.45) is -0.860. The quantitative estimate of drug-likeness (QED) is 0.418. The number of aliphatic hydroxyl groups excluding tert-OH is 1. The van der Waals surface area contributed by atoms with Crippen LogP contribution in [-0.4, -0.2) is 27.5 Å². The minimum Gasteiger partial charge on any atom is -0.386 e. The minimum absolute atomic E-state index is 0.205. The molecule has 0 aliphatic carbocycles. The van der Waals surface area contributed by atoms with E-state index in [1.165, 1.54) is 30.3 Å². The van der Waals surface area contributed by atoms with Crippen molar-refractivity contribution in [3.63, 3.8) is 0 Å². The Morgan fingerprint density at radius 1 is 1.06 bits per heavy atom. The Labute approximate surface area is 185 Å². The largest absolute Gasteiger partial charge is 0.386 e. The first kappa shape index (κ1) is 19.2. The van der Waals surface area contributed by atoms with Gasteiger partial charge in [0.05, 0.1) is 29.7 Å². The van der Waals surface area contributed by atoms with E-state index in [-0.39, 0.29) is 12.5 Å². The van der Waals surface area contributed by atoms with E-state index in [0.29, 0.717) is 49.9 Å². The van der Waals surface area contributed by atoms with Gasteiger partial charge in [-0.15, -0.1) is 0 Å². The summed E-state index contributed by atoms with van der Waals surface area (Å²) in [5, 5.41) is 13.6. The van der Waals surface area contributed by atoms with Crippen molar-refractivity contribution in [3.05, 3.63) is 87.4 Å². The number of hydrogen-bond donors (Lipinski definition) is 3. The topological polar surface area (TPSA) is 81.2 Å². The maximum atomic E-state index is 14.0. The van der Waals surface area contributed by atoms with Gasteiger partial charge >= 0.3 is 0 Å². The summed E-state index contributed by atoms with van der Waals surface area (Å²) in [5.41, 5.74) is 3.80. The van der Waals surface area contributed by atoms with Crippen LogP contribution in [0.5, 0.6) is 0 Å². The van der Waals surface area contributed by atoms with Gasteiger partial charge in [-0.3, -0.25) is 4.79 Å². The highest BCUT2D eigenvalue weighted by Gasteiger charge is 2.35. The molecule has 3 heterocycles. The summed E-state index contributed by atoms with van der Waals surface area (Å²) < 4.78 is 27.6. The summed E-state index contributed by atoms with van der Waals surface area (Å²) in [5.74, 6) is -0.737. The molecule has 0 fully saturated rings. The van der Waals surface area contributed by atoms with E-state index in [9.17, 15) is 18.7 Å². The van der Waals surface area contributed by atoms with Crippen LogP contribution in [0.4, 0.5) is 20.4 Å². The number of β-amino-alcohol motifs (C(OH)–C–C–N with tert-alkyl or cyclic N) is 1. The lowest BCUT2D eigenvalue weighted by molar-refractivity contribution is 0.0960. The number of hydrogen-bond acceptors (Lipinski definition) is 4. The Morgan fingerprint density at radius 2 is 1.81 bits per heavy atom. The maximum Gasteiger partial charge on any atom is 0.252 e. The molecule has 1 unspecified atom stereocenters. The van der Waals surface area contributed by atoms with Gasteiger partial charge in [0.1, 0.15) is 11.6 Å². The summed E-state index contributed by atoms with van der Waals surface area (Å²) >= 11 is 6.32. The number of anilines is 2. The van der Waals surface area contributed by atoms with Crippen molar-refractivity contribution in [3.8, 4) is 0 Å². The molecule has 160 valence electrons. The summed E-state index contributed by atoms with van der Waals surface area (Å²) in [4.78, 5) is 22.3. The second-order valence-electron chi connectivity index (χ2n) is 7.89. The molecule has 0 saturated carbocycles. The SMILES string of the molecule is O=C1NC(c2cc(F)ccc2Cl)c2c1ccc1[nH]c(N3C[C@@H](O)c4cc(F)ccc43)nc21. The number of nitrogens with one attached hydrogen (secondary N) is 2. The number of fused-ring (bicyclic) bond motifs is 4. The van der Waals surface area contributed by atoms with Crippen molar-refractivity contribution in [1.29, 1.82) is 0 Å². The zero-order chi connectivity index (χ0) is 22.1. The molecule has 1 aromatic heterocycles. The van der Waals surface area contributed by atoms with Crippen molar-refractivity contribution in [2.24, 2.45) is 0 Å². The van der Waals surface area contributed by atoms with Gasteiger partial charge in [-0.2, -0.15) is 0 Å². The Morgan fingerprint density at radius 3 is 2.62 bits per heavy atom. The molecule has 9 heteroatoms. The van der Waals surface area contributed by atoms with Crippen LogP contribution in [0, 0.1) is 11.6 Å². The number of rotatable bonds is 2. The monoisotopic (exact) mass is 452 g/mol. The first-order chi connectivity index (χ1) is 15.4. The van der Waals surface area contributed by atoms with Gasteiger partial charge in [0.15, 0.2) is 0 Å². The van der Waals surface area contributed by atoms with E-state index in [1.54, 1.807) is 23.1 Å². The molecule has 6 nitrogen and oxygen atoms in total. The number of aromatic amines is 1. The number of amides is 1. The van der Waals surface area contributed by atoms with E-state index in [2.05, 4.69) is 10.3 Å². The van der Waals surface area contributed by atoms with Crippen molar-refractivity contribution in [2.75, 3.05) is 11.4 Å². The van der Waals surface area contributed by atoms with Gasteiger partial charge in [0.2, 0.25) is 5.95 Å². The highest BCUT2D eigenvalue weighted by molar-refractivity contribution is 6.31. The normalized spacial score (nSPS) is 19.4. The predicted octanol–water partition coefficient (Wildman–Crippen LogP) is 4.51. The van der Waals surface area contributed by atoms with Crippen LogP contribution in [-0.2, 0) is 0 Å². The van der Waals surface area contributed by atoms with Crippen molar-refractivity contribution in [1.82, 2.24) is 15.3 Å². The van der Waals surface area contributed by atoms with Crippen LogP contribution < -0.4 is 10.2 Å². The van der Waals surface area contributed by atoms with Crippen molar-refractivity contribution in [2.45, 2.75) is 12.1 Å². The molecule has 2 aliphatic rings. The second kappa shape index (κ2) is 6.75. The highest BCUT2D eigenvalue weighted by atomic mass is 35.5. The average molecular weight is 453 g/mol. The number of aliphatic hydroxyl groups is 1. The average Bonchev–Trinajstić information content (AvgIpc) is 3.43. The standard InChI is InChI=1S/C23H15ClF2N4O2/c24-15-4-1-10(25)7-13(15)20-19-12(22(32)28-20)3-5-16-21(19)29-23(27-16)30-9-18(31)14-8-11(26)2-6-17(14)30/h1-8,18,20,31H,9H2,(H,27,29)(H,28,32)/t18-,20?/m1/s1. The third kappa shape index (κ3) is 2.73. The van der Waals surface area contributed by atoms with Gasteiger partial charge in [0, 0.05) is 33.0 Å². The van der Waals surface area contributed by atoms with Crippen LogP contribution >= 0.6 is 11.6 Å². The van der Waals surface area contributed by atoms with E-state index >= 15 is 0 Å². The fourth-order valence-corrected chi connectivity index (χ4v) is 4.79. The zero-order valence-electron chi connectivity index (χ0n) is 16.4. The fourth-order valence-electron chi connectivity index (χ4n) is 4.56. The number of imidazole rings is 1.